The van der Waals surface area contributed by atoms with Gasteiger partial charge in [0.2, 0.25) is 0 Å². The summed E-state index contributed by atoms with van der Waals surface area (Å²) in [5.74, 6) is 3.22. The molecular weight excluding hydrogens is 865 g/mol. The van der Waals surface area contributed by atoms with Crippen LogP contribution < -0.4 is 14.2 Å². The lowest BCUT2D eigenvalue weighted by atomic mass is 9.63. The molecule has 3 aliphatic heterocycles. The van der Waals surface area contributed by atoms with Crippen LogP contribution in [0.1, 0.15) is 135 Å². The number of fused-ring (bicyclic) bond motifs is 15. The number of hydrogen-bond donors (Lipinski definition) is 0. The van der Waals surface area contributed by atoms with Gasteiger partial charge in [0.1, 0.15) is 34.1 Å². The van der Waals surface area contributed by atoms with Gasteiger partial charge in [-0.1, -0.05) is 113 Å². The van der Waals surface area contributed by atoms with Gasteiger partial charge < -0.3 is 14.2 Å². The molecule has 3 heteroatoms. The Morgan fingerprint density at radius 1 is 0.296 bits per heavy atom. The highest BCUT2D eigenvalue weighted by molar-refractivity contribution is 6.39. The fourth-order valence-corrected chi connectivity index (χ4v) is 16.6. The van der Waals surface area contributed by atoms with E-state index in [4.69, 9.17) is 14.2 Å². The van der Waals surface area contributed by atoms with Gasteiger partial charge in [-0.05, 0) is 225 Å². The number of ether oxygens (including phenoxy) is 3. The third kappa shape index (κ3) is 4.97. The van der Waals surface area contributed by atoms with E-state index in [1.54, 1.807) is 0 Å². The monoisotopic (exact) mass is 926 g/mol. The molecule has 3 heterocycles. The van der Waals surface area contributed by atoms with Crippen molar-refractivity contribution in [3.63, 3.8) is 0 Å². The van der Waals surface area contributed by atoms with Gasteiger partial charge in [0, 0.05) is 32.9 Å². The van der Waals surface area contributed by atoms with Crippen molar-refractivity contribution in [3.05, 3.63) is 138 Å². The second kappa shape index (κ2) is 13.4. The van der Waals surface area contributed by atoms with Crippen molar-refractivity contribution in [1.29, 1.82) is 0 Å². The molecule has 3 nitrogen and oxygen atoms in total. The fraction of sp³-hybridized carbons (Fsp3) is 0.353. The van der Waals surface area contributed by atoms with Gasteiger partial charge in [0.15, 0.2) is 0 Å². The van der Waals surface area contributed by atoms with Crippen LogP contribution in [0.4, 0.5) is 0 Å². The Morgan fingerprint density at radius 2 is 0.648 bits per heavy atom. The summed E-state index contributed by atoms with van der Waals surface area (Å²) in [7, 11) is 0. The van der Waals surface area contributed by atoms with E-state index in [9.17, 15) is 0 Å². The molecule has 10 aromatic rings. The Balaban J connectivity index is 0.910. The third-order valence-corrected chi connectivity index (χ3v) is 21.4. The van der Waals surface area contributed by atoms with Crippen LogP contribution in [0.15, 0.2) is 121 Å². The molecule has 0 radical (unpaired) electrons. The minimum absolute atomic E-state index is 0.0153. The van der Waals surface area contributed by atoms with Crippen molar-refractivity contribution in [2.24, 2.45) is 0 Å². The molecule has 0 spiro atoms. The maximum atomic E-state index is 6.90. The van der Waals surface area contributed by atoms with Crippen LogP contribution in [0, 0.1) is 0 Å². The summed E-state index contributed by atoms with van der Waals surface area (Å²) in [5.41, 5.74) is 11.4. The highest BCUT2D eigenvalue weighted by atomic mass is 16.5. The van der Waals surface area contributed by atoms with Crippen LogP contribution in [0.2, 0.25) is 0 Å². The Hall–Kier alpha value is -6.32. The van der Waals surface area contributed by atoms with Crippen molar-refractivity contribution in [1.82, 2.24) is 0 Å². The Labute approximate surface area is 417 Å². The molecule has 0 N–H and O–H groups in total. The molecular formula is C68H62O3. The smallest absolute Gasteiger partial charge is 0.124 e. The highest BCUT2D eigenvalue weighted by Gasteiger charge is 2.57. The zero-order chi connectivity index (χ0) is 47.6. The molecule has 352 valence electrons. The SMILES string of the molecule is CC12CCCCC1(C)c1cc(-c3ccc4c5cc6c(cc5c5cccc3c54)c3ccc(-c4ccc5c(c4)C4(C)CCCCC4(C)O5)c4c(-c5ccc7c(c5)C5(C)CCCCC5(C)O7)ccc6c43)ccc1O2. The molecule has 6 aliphatic rings. The first kappa shape index (κ1) is 41.3. The standard InChI is InChI=1S/C68H62O3/c1-63-28-7-10-31-66(63,4)69-57-25-16-39(34-54(57)63)42-19-22-47-51-38-53-49-24-21-44(41-18-27-59-56(36-41)65(3)30-9-12-33-68(65,6)71-59)61-43(40-17-26-58-55(35-40)64(2)29-8-11-32-67(64,5)70-58)20-23-48(62(49)61)52(53)37-50(51)46-15-13-14-45(42)60(46)47/h13-27,34-38H,7-12,28-33H2,1-6H3. The molecule has 3 fully saturated rings. The Bertz CT molecular complexity index is 3820. The Morgan fingerprint density at radius 3 is 1.08 bits per heavy atom. The summed E-state index contributed by atoms with van der Waals surface area (Å²) in [6.45, 7) is 14.5. The molecule has 3 aliphatic carbocycles. The van der Waals surface area contributed by atoms with Crippen molar-refractivity contribution >= 4 is 64.6 Å². The van der Waals surface area contributed by atoms with Crippen LogP contribution in [-0.2, 0) is 16.2 Å². The second-order valence-electron chi connectivity index (χ2n) is 24.7. The van der Waals surface area contributed by atoms with Crippen molar-refractivity contribution in [2.45, 2.75) is 152 Å². The van der Waals surface area contributed by atoms with E-state index in [1.165, 1.54) is 160 Å². The summed E-state index contributed by atoms with van der Waals surface area (Å²) in [4.78, 5) is 0. The number of benzene rings is 8. The van der Waals surface area contributed by atoms with Crippen LogP contribution >= 0.6 is 0 Å². The van der Waals surface area contributed by atoms with Crippen LogP contribution in [-0.4, -0.2) is 16.8 Å². The second-order valence-corrected chi connectivity index (χ2v) is 24.7. The molecule has 6 unspecified atom stereocenters. The summed E-state index contributed by atoms with van der Waals surface area (Å²) in [6.07, 6.45) is 14.3. The first-order valence-corrected chi connectivity index (χ1v) is 27.2. The van der Waals surface area contributed by atoms with Crippen molar-refractivity contribution < 1.29 is 14.2 Å². The first-order chi connectivity index (χ1) is 34.3. The average molecular weight is 927 g/mol. The van der Waals surface area contributed by atoms with E-state index >= 15 is 0 Å². The lowest BCUT2D eigenvalue weighted by Crippen LogP contribution is -2.49. The van der Waals surface area contributed by atoms with E-state index < -0.39 is 0 Å². The van der Waals surface area contributed by atoms with E-state index in [-0.39, 0.29) is 33.0 Å². The fourth-order valence-electron chi connectivity index (χ4n) is 16.6. The highest BCUT2D eigenvalue weighted by Crippen LogP contribution is 2.61. The maximum Gasteiger partial charge on any atom is 0.124 e. The topological polar surface area (TPSA) is 27.7 Å². The van der Waals surface area contributed by atoms with Gasteiger partial charge in [-0.25, -0.2) is 0 Å². The molecule has 3 saturated carbocycles. The van der Waals surface area contributed by atoms with E-state index in [0.29, 0.717) is 0 Å². The molecule has 71 heavy (non-hydrogen) atoms. The average Bonchev–Trinajstić information content (AvgIpc) is 4.09. The first-order valence-electron chi connectivity index (χ1n) is 27.2. The van der Waals surface area contributed by atoms with Crippen LogP contribution in [0.25, 0.3) is 98.0 Å². The summed E-state index contributed by atoms with van der Waals surface area (Å²) in [5, 5.41) is 16.1. The summed E-state index contributed by atoms with van der Waals surface area (Å²) >= 11 is 0. The van der Waals surface area contributed by atoms with Gasteiger partial charge in [0.25, 0.3) is 0 Å². The van der Waals surface area contributed by atoms with E-state index in [1.807, 2.05) is 0 Å². The van der Waals surface area contributed by atoms with E-state index in [0.717, 1.165) is 49.4 Å². The molecule has 0 bridgehead atoms. The van der Waals surface area contributed by atoms with Gasteiger partial charge in [-0.3, -0.25) is 0 Å². The minimum atomic E-state index is -0.172. The normalized spacial score (nSPS) is 29.5. The van der Waals surface area contributed by atoms with Gasteiger partial charge >= 0.3 is 0 Å². The molecule has 6 atom stereocenters. The largest absolute Gasteiger partial charge is 0.486 e. The third-order valence-electron chi connectivity index (χ3n) is 21.4. The predicted molar refractivity (Wildman–Crippen MR) is 295 cm³/mol. The van der Waals surface area contributed by atoms with Crippen molar-refractivity contribution in [2.75, 3.05) is 0 Å². The van der Waals surface area contributed by atoms with Crippen molar-refractivity contribution in [3.8, 4) is 50.6 Å². The van der Waals surface area contributed by atoms with Gasteiger partial charge in [0.05, 0.1) is 0 Å². The molecule has 16 rings (SSSR count). The summed E-state index contributed by atoms with van der Waals surface area (Å²) < 4.78 is 20.6. The number of hydrogen-bond acceptors (Lipinski definition) is 3. The van der Waals surface area contributed by atoms with E-state index in [2.05, 4.69) is 163 Å². The van der Waals surface area contributed by atoms with Gasteiger partial charge in [-0.2, -0.15) is 0 Å². The number of rotatable bonds is 3. The zero-order valence-corrected chi connectivity index (χ0v) is 42.3. The zero-order valence-electron chi connectivity index (χ0n) is 42.3. The molecule has 0 amide bonds. The van der Waals surface area contributed by atoms with Gasteiger partial charge in [-0.15, -0.1) is 0 Å². The maximum absolute atomic E-state index is 6.90. The predicted octanol–water partition coefficient (Wildman–Crippen LogP) is 18.4. The quantitative estimate of drug-likeness (QED) is 0.177. The lowest BCUT2D eigenvalue weighted by molar-refractivity contribution is 0.00727. The molecule has 0 aromatic heterocycles. The Kier molecular flexibility index (Phi) is 7.79. The van der Waals surface area contributed by atoms with Crippen LogP contribution in [0.3, 0.4) is 0 Å². The lowest BCUT2D eigenvalue weighted by Gasteiger charge is -2.43. The minimum Gasteiger partial charge on any atom is -0.486 e. The van der Waals surface area contributed by atoms with Crippen LogP contribution in [0.5, 0.6) is 17.2 Å². The molecule has 10 aromatic carbocycles. The molecule has 0 saturated heterocycles. The summed E-state index contributed by atoms with van der Waals surface area (Å²) in [6, 6.07) is 48.0.